The minimum absolute atomic E-state index is 0.303. The summed E-state index contributed by atoms with van der Waals surface area (Å²) in [5.41, 5.74) is 1.61. The first-order valence-corrected chi connectivity index (χ1v) is 7.23. The van der Waals surface area contributed by atoms with E-state index in [4.69, 9.17) is 34.8 Å². The van der Waals surface area contributed by atoms with Crippen molar-refractivity contribution in [1.82, 2.24) is 0 Å². The lowest BCUT2D eigenvalue weighted by molar-refractivity contribution is 0.0979. The highest BCUT2D eigenvalue weighted by atomic mass is 35.5. The highest BCUT2D eigenvalue weighted by Crippen LogP contribution is 2.30. The summed E-state index contributed by atoms with van der Waals surface area (Å²) in [6.07, 6.45) is 0. The van der Waals surface area contributed by atoms with Crippen LogP contribution in [0, 0.1) is 18.3 Å². The number of Topliss-reactive ketones (excluding diaryl/α,β-unsaturated/α-hetero) is 1. The van der Waals surface area contributed by atoms with Crippen LogP contribution in [0.3, 0.4) is 0 Å². The quantitative estimate of drug-likeness (QED) is 0.699. The number of hydrogen-bond acceptors (Lipinski definition) is 2. The van der Waals surface area contributed by atoms with Crippen molar-refractivity contribution >= 4 is 40.6 Å². The fourth-order valence-corrected chi connectivity index (χ4v) is 2.50. The molecule has 1 unspecified atom stereocenters. The van der Waals surface area contributed by atoms with Crippen molar-refractivity contribution in [3.8, 4) is 6.07 Å². The fraction of sp³-hybridized carbons (Fsp3) is 0.125. The molecule has 1 atom stereocenters. The molecule has 0 N–H and O–H groups in total. The van der Waals surface area contributed by atoms with E-state index in [1.54, 1.807) is 37.3 Å². The number of halogens is 3. The molecule has 0 aliphatic heterocycles. The van der Waals surface area contributed by atoms with Crippen LogP contribution in [-0.4, -0.2) is 5.78 Å². The summed E-state index contributed by atoms with van der Waals surface area (Å²) in [7, 11) is 0. The first-order chi connectivity index (χ1) is 9.95. The van der Waals surface area contributed by atoms with Gasteiger partial charge < -0.3 is 0 Å². The molecule has 106 valence electrons. The minimum Gasteiger partial charge on any atom is -0.292 e. The van der Waals surface area contributed by atoms with Crippen molar-refractivity contribution in [2.45, 2.75) is 12.8 Å². The second-order valence-electron chi connectivity index (χ2n) is 4.54. The molecule has 0 amide bonds. The van der Waals surface area contributed by atoms with Crippen LogP contribution in [0.2, 0.25) is 15.1 Å². The molecule has 0 saturated heterocycles. The van der Waals surface area contributed by atoms with E-state index < -0.39 is 5.92 Å². The molecule has 0 bridgehead atoms. The summed E-state index contributed by atoms with van der Waals surface area (Å²) in [5.74, 6) is -1.33. The lowest BCUT2D eigenvalue weighted by atomic mass is 9.91. The van der Waals surface area contributed by atoms with Gasteiger partial charge in [-0.15, -0.1) is 0 Å². The van der Waals surface area contributed by atoms with Crippen LogP contribution < -0.4 is 0 Å². The number of hydrogen-bond donors (Lipinski definition) is 0. The molecule has 0 radical (unpaired) electrons. The zero-order chi connectivity index (χ0) is 15.6. The Labute approximate surface area is 137 Å². The molecule has 0 aliphatic carbocycles. The van der Waals surface area contributed by atoms with Crippen LogP contribution in [0.5, 0.6) is 0 Å². The van der Waals surface area contributed by atoms with Crippen LogP contribution in [-0.2, 0) is 0 Å². The van der Waals surface area contributed by atoms with Gasteiger partial charge >= 0.3 is 0 Å². The Hall–Kier alpha value is -1.53. The second kappa shape index (κ2) is 6.49. The topological polar surface area (TPSA) is 40.9 Å². The number of aryl methyl sites for hydroxylation is 1. The minimum atomic E-state index is -0.973. The lowest BCUT2D eigenvalue weighted by Gasteiger charge is -2.12. The second-order valence-corrected chi connectivity index (χ2v) is 5.73. The Morgan fingerprint density at radius 1 is 1.14 bits per heavy atom. The number of benzene rings is 2. The molecule has 0 spiro atoms. The Morgan fingerprint density at radius 2 is 1.86 bits per heavy atom. The van der Waals surface area contributed by atoms with E-state index >= 15 is 0 Å². The Balaban J connectivity index is 2.46. The molecule has 0 saturated carbocycles. The van der Waals surface area contributed by atoms with Crippen molar-refractivity contribution in [2.24, 2.45) is 0 Å². The fourth-order valence-electron chi connectivity index (χ4n) is 1.97. The van der Waals surface area contributed by atoms with Crippen molar-refractivity contribution in [2.75, 3.05) is 0 Å². The molecule has 0 aromatic heterocycles. The Bertz CT molecular complexity index is 750. The average Bonchev–Trinajstić information content (AvgIpc) is 2.46. The van der Waals surface area contributed by atoms with E-state index in [1.165, 1.54) is 6.07 Å². The van der Waals surface area contributed by atoms with Gasteiger partial charge in [0.2, 0.25) is 0 Å². The lowest BCUT2D eigenvalue weighted by Crippen LogP contribution is -2.12. The van der Waals surface area contributed by atoms with Crippen molar-refractivity contribution in [3.63, 3.8) is 0 Å². The number of rotatable bonds is 3. The van der Waals surface area contributed by atoms with E-state index in [9.17, 15) is 10.1 Å². The van der Waals surface area contributed by atoms with Gasteiger partial charge in [-0.1, -0.05) is 53.0 Å². The van der Waals surface area contributed by atoms with Crippen LogP contribution >= 0.6 is 34.8 Å². The first kappa shape index (κ1) is 15.9. The maximum Gasteiger partial charge on any atom is 0.185 e. The molecule has 2 rings (SSSR count). The molecule has 5 heteroatoms. The molecule has 0 heterocycles. The molecule has 0 fully saturated rings. The summed E-state index contributed by atoms with van der Waals surface area (Å²) in [4.78, 5) is 12.6. The smallest absolute Gasteiger partial charge is 0.185 e. The van der Waals surface area contributed by atoms with E-state index in [-0.39, 0.29) is 5.78 Å². The summed E-state index contributed by atoms with van der Waals surface area (Å²) in [6, 6.07) is 11.9. The summed E-state index contributed by atoms with van der Waals surface area (Å²) in [5, 5.41) is 10.4. The third-order valence-electron chi connectivity index (χ3n) is 3.13. The van der Waals surface area contributed by atoms with Crippen LogP contribution in [0.1, 0.15) is 27.4 Å². The number of nitriles is 1. The zero-order valence-corrected chi connectivity index (χ0v) is 13.3. The van der Waals surface area contributed by atoms with Gasteiger partial charge in [-0.3, -0.25) is 4.79 Å². The van der Waals surface area contributed by atoms with Gasteiger partial charge in [0.1, 0.15) is 5.92 Å². The number of ketones is 1. The maximum atomic E-state index is 12.6. The van der Waals surface area contributed by atoms with E-state index in [0.717, 1.165) is 5.56 Å². The number of nitrogens with zero attached hydrogens (tertiary/aromatic N) is 1. The summed E-state index contributed by atoms with van der Waals surface area (Å²) in [6.45, 7) is 1.81. The van der Waals surface area contributed by atoms with Crippen LogP contribution in [0.4, 0.5) is 0 Å². The Kier molecular flexibility index (Phi) is 4.90. The van der Waals surface area contributed by atoms with Gasteiger partial charge in [-0.2, -0.15) is 5.26 Å². The van der Waals surface area contributed by atoms with E-state index in [1.807, 2.05) is 6.07 Å². The standard InChI is InChI=1S/C16H10Cl3NO/c1-9-3-2-4-11(15(9)19)16(21)12(8-20)10-5-6-13(17)14(18)7-10/h2-7,12H,1H3. The van der Waals surface area contributed by atoms with Gasteiger partial charge in [0.25, 0.3) is 0 Å². The molecule has 0 aliphatic rings. The van der Waals surface area contributed by atoms with Gasteiger partial charge in [0.05, 0.1) is 21.1 Å². The molecule has 21 heavy (non-hydrogen) atoms. The normalized spacial score (nSPS) is 11.8. The molecule has 2 nitrogen and oxygen atoms in total. The first-order valence-electron chi connectivity index (χ1n) is 6.09. The van der Waals surface area contributed by atoms with E-state index in [2.05, 4.69) is 0 Å². The maximum absolute atomic E-state index is 12.6. The van der Waals surface area contributed by atoms with Gasteiger partial charge in [-0.25, -0.2) is 0 Å². The van der Waals surface area contributed by atoms with Crippen molar-refractivity contribution < 1.29 is 4.79 Å². The zero-order valence-electron chi connectivity index (χ0n) is 11.0. The monoisotopic (exact) mass is 337 g/mol. The highest BCUT2D eigenvalue weighted by molar-refractivity contribution is 6.42. The number of carbonyl (C=O) groups is 1. The third kappa shape index (κ3) is 3.22. The molecular formula is C16H10Cl3NO. The summed E-state index contributed by atoms with van der Waals surface area (Å²) < 4.78 is 0. The Morgan fingerprint density at radius 3 is 2.48 bits per heavy atom. The number of carbonyl (C=O) groups excluding carboxylic acids is 1. The average molecular weight is 339 g/mol. The van der Waals surface area contributed by atoms with Crippen molar-refractivity contribution in [1.29, 1.82) is 5.26 Å². The largest absolute Gasteiger partial charge is 0.292 e. The predicted octanol–water partition coefficient (Wildman–Crippen LogP) is 5.45. The summed E-state index contributed by atoms with van der Waals surface area (Å²) >= 11 is 17.9. The molecule has 2 aromatic carbocycles. The van der Waals surface area contributed by atoms with E-state index in [0.29, 0.717) is 26.2 Å². The van der Waals surface area contributed by atoms with Crippen molar-refractivity contribution in [3.05, 3.63) is 68.2 Å². The van der Waals surface area contributed by atoms with Gasteiger partial charge in [-0.05, 0) is 36.2 Å². The third-order valence-corrected chi connectivity index (χ3v) is 4.37. The molecule has 2 aromatic rings. The van der Waals surface area contributed by atoms with Crippen LogP contribution in [0.25, 0.3) is 0 Å². The SMILES string of the molecule is Cc1cccc(C(=O)C(C#N)c2ccc(Cl)c(Cl)c2)c1Cl. The van der Waals surface area contributed by atoms with Gasteiger partial charge in [0.15, 0.2) is 5.78 Å². The van der Waals surface area contributed by atoms with Crippen LogP contribution in [0.15, 0.2) is 36.4 Å². The molecular weight excluding hydrogens is 329 g/mol. The van der Waals surface area contributed by atoms with Gasteiger partial charge in [0, 0.05) is 5.56 Å². The highest BCUT2D eigenvalue weighted by Gasteiger charge is 2.24. The predicted molar refractivity (Wildman–Crippen MR) is 85.3 cm³/mol.